The summed E-state index contributed by atoms with van der Waals surface area (Å²) in [7, 11) is 0. The fraction of sp³-hybridized carbons (Fsp3) is 0.812. The molecule has 0 aliphatic carbocycles. The molecule has 0 spiro atoms. The molecule has 0 heterocycles. The largest absolute Gasteiger partial charge is 0.478 e. The lowest BCUT2D eigenvalue weighted by Crippen LogP contribution is -2.27. The number of hydrogen-bond donors (Lipinski definition) is 1. The van der Waals surface area contributed by atoms with Gasteiger partial charge in [0.25, 0.3) is 0 Å². The lowest BCUT2D eigenvalue weighted by atomic mass is 10.2. The Kier molecular flexibility index (Phi) is 11.7. The van der Waals surface area contributed by atoms with E-state index in [1.807, 2.05) is 6.08 Å². The van der Waals surface area contributed by atoms with Gasteiger partial charge in [0.2, 0.25) is 0 Å². The van der Waals surface area contributed by atoms with Gasteiger partial charge < -0.3 is 10.0 Å². The SMILES string of the molecule is CCCCCN(CCC=C(C)C(=O)O)CCCCC. The molecule has 3 heteroatoms. The molecule has 19 heavy (non-hydrogen) atoms. The number of carboxylic acid groups (broad SMARTS) is 1. The van der Waals surface area contributed by atoms with Crippen molar-refractivity contribution < 1.29 is 9.90 Å². The van der Waals surface area contributed by atoms with Gasteiger partial charge in [0, 0.05) is 12.1 Å². The van der Waals surface area contributed by atoms with Crippen molar-refractivity contribution in [2.24, 2.45) is 0 Å². The number of hydrogen-bond acceptors (Lipinski definition) is 2. The number of aliphatic carboxylic acids is 1. The van der Waals surface area contributed by atoms with E-state index in [2.05, 4.69) is 18.7 Å². The van der Waals surface area contributed by atoms with Crippen molar-refractivity contribution in [2.45, 2.75) is 65.7 Å². The Balaban J connectivity index is 4.01. The molecule has 0 fully saturated rings. The minimum atomic E-state index is -0.802. The van der Waals surface area contributed by atoms with Crippen LogP contribution in [0.15, 0.2) is 11.6 Å². The van der Waals surface area contributed by atoms with Crippen LogP contribution < -0.4 is 0 Å². The van der Waals surface area contributed by atoms with Crippen molar-refractivity contribution in [2.75, 3.05) is 19.6 Å². The Bertz CT molecular complexity index is 251. The topological polar surface area (TPSA) is 40.5 Å². The van der Waals surface area contributed by atoms with Crippen molar-refractivity contribution in [3.05, 3.63) is 11.6 Å². The first kappa shape index (κ1) is 18.2. The Morgan fingerprint density at radius 3 is 1.95 bits per heavy atom. The van der Waals surface area contributed by atoms with E-state index < -0.39 is 5.97 Å². The summed E-state index contributed by atoms with van der Waals surface area (Å²) in [6.45, 7) is 9.40. The van der Waals surface area contributed by atoms with Gasteiger partial charge in [0.1, 0.15) is 0 Å². The quantitative estimate of drug-likeness (QED) is 0.428. The molecule has 0 saturated carbocycles. The van der Waals surface area contributed by atoms with Gasteiger partial charge in [-0.15, -0.1) is 0 Å². The van der Waals surface area contributed by atoms with Crippen LogP contribution in [-0.2, 0) is 4.79 Å². The van der Waals surface area contributed by atoms with E-state index in [4.69, 9.17) is 5.11 Å². The predicted octanol–water partition coefficient (Wildman–Crippen LogP) is 4.09. The molecule has 3 nitrogen and oxygen atoms in total. The molecule has 0 aromatic heterocycles. The van der Waals surface area contributed by atoms with Crippen LogP contribution in [-0.4, -0.2) is 35.6 Å². The van der Waals surface area contributed by atoms with Crippen LogP contribution in [0.4, 0.5) is 0 Å². The average molecular weight is 269 g/mol. The van der Waals surface area contributed by atoms with Crippen LogP contribution in [0.3, 0.4) is 0 Å². The molecule has 0 bridgehead atoms. The highest BCUT2D eigenvalue weighted by Gasteiger charge is 2.04. The first-order chi connectivity index (χ1) is 9.11. The van der Waals surface area contributed by atoms with Crippen LogP contribution in [0.25, 0.3) is 0 Å². The maximum absolute atomic E-state index is 10.7. The molecule has 0 radical (unpaired) electrons. The predicted molar refractivity (Wildman–Crippen MR) is 81.5 cm³/mol. The monoisotopic (exact) mass is 269 g/mol. The molecule has 0 atom stereocenters. The molecule has 0 aromatic rings. The first-order valence-electron chi connectivity index (χ1n) is 7.74. The summed E-state index contributed by atoms with van der Waals surface area (Å²) in [5, 5.41) is 8.81. The van der Waals surface area contributed by atoms with E-state index in [0.29, 0.717) is 5.57 Å². The Hall–Kier alpha value is -0.830. The summed E-state index contributed by atoms with van der Waals surface area (Å²) in [4.78, 5) is 13.2. The number of rotatable bonds is 12. The molecule has 0 saturated heterocycles. The fourth-order valence-corrected chi connectivity index (χ4v) is 2.06. The van der Waals surface area contributed by atoms with Gasteiger partial charge in [-0.25, -0.2) is 4.79 Å². The lowest BCUT2D eigenvalue weighted by Gasteiger charge is -2.21. The van der Waals surface area contributed by atoms with Crippen LogP contribution >= 0.6 is 0 Å². The van der Waals surface area contributed by atoms with Gasteiger partial charge in [0.15, 0.2) is 0 Å². The number of carbonyl (C=O) groups is 1. The molecule has 0 aliphatic rings. The highest BCUT2D eigenvalue weighted by atomic mass is 16.4. The summed E-state index contributed by atoms with van der Waals surface area (Å²) in [6, 6.07) is 0. The molecular weight excluding hydrogens is 238 g/mol. The summed E-state index contributed by atoms with van der Waals surface area (Å²) in [6.07, 6.45) is 10.3. The van der Waals surface area contributed by atoms with E-state index in [9.17, 15) is 4.79 Å². The van der Waals surface area contributed by atoms with Crippen LogP contribution in [0.5, 0.6) is 0 Å². The lowest BCUT2D eigenvalue weighted by molar-refractivity contribution is -0.132. The number of unbranched alkanes of at least 4 members (excludes halogenated alkanes) is 4. The molecule has 0 aliphatic heterocycles. The third-order valence-electron chi connectivity index (χ3n) is 3.39. The van der Waals surface area contributed by atoms with Crippen molar-refractivity contribution >= 4 is 5.97 Å². The smallest absolute Gasteiger partial charge is 0.330 e. The standard InChI is InChI=1S/C16H31NO2/c1-4-6-8-12-17(13-9-7-5-2)14-10-11-15(3)16(18)19/h11H,4-10,12-14H2,1-3H3,(H,18,19). The molecule has 0 amide bonds. The van der Waals surface area contributed by atoms with E-state index in [0.717, 1.165) is 26.1 Å². The maximum Gasteiger partial charge on any atom is 0.330 e. The number of carboxylic acids is 1. The molecule has 0 unspecified atom stereocenters. The van der Waals surface area contributed by atoms with Gasteiger partial charge in [-0.05, 0) is 39.3 Å². The molecule has 0 rings (SSSR count). The molecule has 1 N–H and O–H groups in total. The Labute approximate surface area is 118 Å². The van der Waals surface area contributed by atoms with Crippen molar-refractivity contribution in [1.29, 1.82) is 0 Å². The number of nitrogens with zero attached hydrogens (tertiary/aromatic N) is 1. The second kappa shape index (κ2) is 12.2. The zero-order valence-electron chi connectivity index (χ0n) is 13.0. The Morgan fingerprint density at radius 1 is 1.00 bits per heavy atom. The zero-order chi connectivity index (χ0) is 14.5. The van der Waals surface area contributed by atoms with Crippen LogP contribution in [0, 0.1) is 0 Å². The molecule has 0 aromatic carbocycles. The van der Waals surface area contributed by atoms with E-state index >= 15 is 0 Å². The van der Waals surface area contributed by atoms with Gasteiger partial charge in [-0.2, -0.15) is 0 Å². The van der Waals surface area contributed by atoms with Crippen LogP contribution in [0.1, 0.15) is 65.7 Å². The van der Waals surface area contributed by atoms with Crippen LogP contribution in [0.2, 0.25) is 0 Å². The zero-order valence-corrected chi connectivity index (χ0v) is 13.0. The second-order valence-electron chi connectivity index (χ2n) is 5.24. The van der Waals surface area contributed by atoms with Crippen molar-refractivity contribution in [1.82, 2.24) is 4.90 Å². The minimum absolute atomic E-state index is 0.460. The summed E-state index contributed by atoms with van der Waals surface area (Å²) < 4.78 is 0. The van der Waals surface area contributed by atoms with Gasteiger partial charge in [-0.3, -0.25) is 0 Å². The van der Waals surface area contributed by atoms with Gasteiger partial charge in [-0.1, -0.05) is 45.6 Å². The van der Waals surface area contributed by atoms with Crippen molar-refractivity contribution in [3.8, 4) is 0 Å². The van der Waals surface area contributed by atoms with E-state index in [1.165, 1.54) is 38.5 Å². The highest BCUT2D eigenvalue weighted by molar-refractivity contribution is 5.85. The van der Waals surface area contributed by atoms with Gasteiger partial charge in [0.05, 0.1) is 0 Å². The van der Waals surface area contributed by atoms with E-state index in [1.54, 1.807) is 6.92 Å². The maximum atomic E-state index is 10.7. The fourth-order valence-electron chi connectivity index (χ4n) is 2.06. The first-order valence-corrected chi connectivity index (χ1v) is 7.74. The highest BCUT2D eigenvalue weighted by Crippen LogP contribution is 2.05. The Morgan fingerprint density at radius 2 is 1.53 bits per heavy atom. The summed E-state index contributed by atoms with van der Waals surface area (Å²) in [5.74, 6) is -0.802. The summed E-state index contributed by atoms with van der Waals surface area (Å²) in [5.41, 5.74) is 0.460. The minimum Gasteiger partial charge on any atom is -0.478 e. The second-order valence-corrected chi connectivity index (χ2v) is 5.24. The third kappa shape index (κ3) is 10.8. The normalized spacial score (nSPS) is 12.1. The van der Waals surface area contributed by atoms with E-state index in [-0.39, 0.29) is 0 Å². The third-order valence-corrected chi connectivity index (χ3v) is 3.39. The van der Waals surface area contributed by atoms with Crippen molar-refractivity contribution in [3.63, 3.8) is 0 Å². The van der Waals surface area contributed by atoms with Gasteiger partial charge >= 0.3 is 5.97 Å². The molecule has 112 valence electrons. The molecular formula is C16H31NO2. The summed E-state index contributed by atoms with van der Waals surface area (Å²) >= 11 is 0. The average Bonchev–Trinajstić information content (AvgIpc) is 2.38.